The lowest BCUT2D eigenvalue weighted by Gasteiger charge is -2.21. The van der Waals surface area contributed by atoms with Gasteiger partial charge in [0.1, 0.15) is 0 Å². The molecule has 2 aliphatic rings. The molecule has 1 amide bonds. The van der Waals surface area contributed by atoms with Gasteiger partial charge < -0.3 is 15.8 Å². The van der Waals surface area contributed by atoms with Crippen molar-refractivity contribution in [2.45, 2.75) is 44.2 Å². The topological polar surface area (TPSA) is 64.3 Å². The molecule has 4 nitrogen and oxygen atoms in total. The zero-order valence-corrected chi connectivity index (χ0v) is 11.0. The molecular formula is C15H20N2O2. The summed E-state index contributed by atoms with van der Waals surface area (Å²) in [6.07, 6.45) is 4.83. The van der Waals surface area contributed by atoms with Gasteiger partial charge in [-0.05, 0) is 42.9 Å². The Kier molecular flexibility index (Phi) is 3.53. The van der Waals surface area contributed by atoms with Crippen molar-refractivity contribution in [3.8, 4) is 0 Å². The number of carbonyl (C=O) groups is 1. The molecule has 102 valence electrons. The maximum Gasteiger partial charge on any atom is 0.224 e. The summed E-state index contributed by atoms with van der Waals surface area (Å²) in [7, 11) is 0. The molecule has 2 atom stereocenters. The monoisotopic (exact) mass is 260 g/mol. The van der Waals surface area contributed by atoms with Gasteiger partial charge in [-0.3, -0.25) is 4.79 Å². The van der Waals surface area contributed by atoms with Crippen molar-refractivity contribution < 1.29 is 9.53 Å². The third-order valence-electron chi connectivity index (χ3n) is 3.99. The van der Waals surface area contributed by atoms with Crippen LogP contribution in [0.3, 0.4) is 0 Å². The largest absolute Gasteiger partial charge is 0.378 e. The Morgan fingerprint density at radius 3 is 3.11 bits per heavy atom. The molecule has 3 rings (SSSR count). The lowest BCUT2D eigenvalue weighted by Crippen LogP contribution is -2.21. The van der Waals surface area contributed by atoms with E-state index in [4.69, 9.17) is 10.5 Å². The summed E-state index contributed by atoms with van der Waals surface area (Å²) >= 11 is 0. The van der Waals surface area contributed by atoms with Crippen LogP contribution in [0.4, 0.5) is 5.69 Å². The number of hydrogen-bond acceptors (Lipinski definition) is 3. The first-order valence-electron chi connectivity index (χ1n) is 7.02. The number of rotatable bonds is 3. The fourth-order valence-corrected chi connectivity index (χ4v) is 2.88. The summed E-state index contributed by atoms with van der Waals surface area (Å²) < 4.78 is 5.63. The molecule has 0 spiro atoms. The Morgan fingerprint density at radius 1 is 1.42 bits per heavy atom. The molecule has 1 aromatic rings. The minimum absolute atomic E-state index is 0.0195. The fraction of sp³-hybridized carbons (Fsp3) is 0.533. The molecule has 1 aromatic carbocycles. The molecule has 2 unspecified atom stereocenters. The number of amides is 1. The van der Waals surface area contributed by atoms with Crippen molar-refractivity contribution >= 4 is 11.6 Å². The predicted molar refractivity (Wildman–Crippen MR) is 73.9 cm³/mol. The number of benzene rings is 1. The number of anilines is 1. The molecule has 0 saturated carbocycles. The third kappa shape index (κ3) is 2.80. The molecule has 3 N–H and O–H groups in total. The summed E-state index contributed by atoms with van der Waals surface area (Å²) in [6.45, 7) is 0.869. The average molecular weight is 260 g/mol. The second-order valence-corrected chi connectivity index (χ2v) is 5.44. The molecule has 2 heterocycles. The SMILES string of the molecule is NC(CC1CCCO1)c1ccc2c(c1)CCC(=O)N2. The second kappa shape index (κ2) is 5.31. The molecule has 0 aliphatic carbocycles. The van der Waals surface area contributed by atoms with E-state index in [0.29, 0.717) is 12.5 Å². The van der Waals surface area contributed by atoms with Crippen molar-refractivity contribution in [2.24, 2.45) is 5.73 Å². The van der Waals surface area contributed by atoms with Crippen LogP contribution in [0.2, 0.25) is 0 Å². The van der Waals surface area contributed by atoms with Crippen molar-refractivity contribution in [1.29, 1.82) is 0 Å². The summed E-state index contributed by atoms with van der Waals surface area (Å²) in [5.41, 5.74) is 9.54. The minimum atomic E-state index is 0.0195. The van der Waals surface area contributed by atoms with Crippen molar-refractivity contribution in [3.63, 3.8) is 0 Å². The summed E-state index contributed by atoms with van der Waals surface area (Å²) in [4.78, 5) is 11.3. The average Bonchev–Trinajstić information content (AvgIpc) is 2.91. The summed E-state index contributed by atoms with van der Waals surface area (Å²) in [5.74, 6) is 0.101. The third-order valence-corrected chi connectivity index (χ3v) is 3.99. The molecule has 0 aromatic heterocycles. The van der Waals surface area contributed by atoms with Gasteiger partial charge in [0, 0.05) is 24.8 Å². The van der Waals surface area contributed by atoms with E-state index >= 15 is 0 Å². The molecule has 1 fully saturated rings. The number of hydrogen-bond donors (Lipinski definition) is 2. The van der Waals surface area contributed by atoms with Gasteiger partial charge in [0.15, 0.2) is 0 Å². The van der Waals surface area contributed by atoms with Crippen molar-refractivity contribution in [2.75, 3.05) is 11.9 Å². The van der Waals surface area contributed by atoms with Crippen LogP contribution in [0, 0.1) is 0 Å². The van der Waals surface area contributed by atoms with Crippen LogP contribution in [-0.4, -0.2) is 18.6 Å². The minimum Gasteiger partial charge on any atom is -0.378 e. The smallest absolute Gasteiger partial charge is 0.224 e. The van der Waals surface area contributed by atoms with E-state index in [-0.39, 0.29) is 11.9 Å². The Hall–Kier alpha value is -1.39. The molecule has 1 saturated heterocycles. The lowest BCUT2D eigenvalue weighted by molar-refractivity contribution is -0.116. The van der Waals surface area contributed by atoms with E-state index in [2.05, 4.69) is 11.4 Å². The zero-order valence-electron chi connectivity index (χ0n) is 11.0. The van der Waals surface area contributed by atoms with Crippen molar-refractivity contribution in [1.82, 2.24) is 0 Å². The van der Waals surface area contributed by atoms with Crippen LogP contribution in [0.5, 0.6) is 0 Å². The molecule has 0 bridgehead atoms. The Bertz CT molecular complexity index is 481. The van der Waals surface area contributed by atoms with Gasteiger partial charge >= 0.3 is 0 Å². The predicted octanol–water partition coefficient (Wildman–Crippen LogP) is 2.14. The fourth-order valence-electron chi connectivity index (χ4n) is 2.88. The van der Waals surface area contributed by atoms with Crippen LogP contribution in [0.1, 0.15) is 42.9 Å². The highest BCUT2D eigenvalue weighted by Crippen LogP contribution is 2.28. The molecular weight excluding hydrogens is 240 g/mol. The van der Waals surface area contributed by atoms with Crippen LogP contribution < -0.4 is 11.1 Å². The van der Waals surface area contributed by atoms with E-state index in [0.717, 1.165) is 43.5 Å². The van der Waals surface area contributed by atoms with Crippen LogP contribution in [0.25, 0.3) is 0 Å². The molecule has 4 heteroatoms. The van der Waals surface area contributed by atoms with E-state index in [1.165, 1.54) is 5.56 Å². The maximum atomic E-state index is 11.3. The number of nitrogens with two attached hydrogens (primary N) is 1. The summed E-state index contributed by atoms with van der Waals surface area (Å²) in [6, 6.07) is 6.14. The first kappa shape index (κ1) is 12.6. The van der Waals surface area contributed by atoms with Gasteiger partial charge in [-0.2, -0.15) is 0 Å². The normalized spacial score (nSPS) is 23.8. The van der Waals surface area contributed by atoms with Crippen LogP contribution >= 0.6 is 0 Å². The maximum absolute atomic E-state index is 11.3. The summed E-state index contributed by atoms with van der Waals surface area (Å²) in [5, 5.41) is 2.89. The number of fused-ring (bicyclic) bond motifs is 1. The van der Waals surface area contributed by atoms with Gasteiger partial charge in [0.25, 0.3) is 0 Å². The second-order valence-electron chi connectivity index (χ2n) is 5.44. The molecule has 19 heavy (non-hydrogen) atoms. The van der Waals surface area contributed by atoms with Crippen LogP contribution in [0.15, 0.2) is 18.2 Å². The first-order chi connectivity index (χ1) is 9.22. The van der Waals surface area contributed by atoms with Gasteiger partial charge in [0.05, 0.1) is 6.10 Å². The highest BCUT2D eigenvalue weighted by molar-refractivity contribution is 5.93. The van der Waals surface area contributed by atoms with Gasteiger partial charge in [0.2, 0.25) is 5.91 Å². The zero-order chi connectivity index (χ0) is 13.2. The van der Waals surface area contributed by atoms with Gasteiger partial charge in [-0.1, -0.05) is 12.1 Å². The quantitative estimate of drug-likeness (QED) is 0.875. The van der Waals surface area contributed by atoms with Crippen molar-refractivity contribution in [3.05, 3.63) is 29.3 Å². The van der Waals surface area contributed by atoms with E-state index < -0.39 is 0 Å². The lowest BCUT2D eigenvalue weighted by atomic mass is 9.95. The number of aryl methyl sites for hydroxylation is 1. The Morgan fingerprint density at radius 2 is 2.32 bits per heavy atom. The highest BCUT2D eigenvalue weighted by atomic mass is 16.5. The van der Waals surface area contributed by atoms with E-state index in [9.17, 15) is 4.79 Å². The molecule has 0 radical (unpaired) electrons. The van der Waals surface area contributed by atoms with Gasteiger partial charge in [-0.25, -0.2) is 0 Å². The molecule has 2 aliphatic heterocycles. The number of nitrogens with one attached hydrogen (secondary N) is 1. The van der Waals surface area contributed by atoms with E-state index in [1.807, 2.05) is 12.1 Å². The van der Waals surface area contributed by atoms with Gasteiger partial charge in [-0.15, -0.1) is 0 Å². The van der Waals surface area contributed by atoms with E-state index in [1.54, 1.807) is 0 Å². The first-order valence-corrected chi connectivity index (χ1v) is 7.02. The highest BCUT2D eigenvalue weighted by Gasteiger charge is 2.21. The van der Waals surface area contributed by atoms with Crippen LogP contribution in [-0.2, 0) is 16.0 Å². The standard InChI is InChI=1S/C15H20N2O2/c16-13(9-12-2-1-7-19-12)10-3-5-14-11(8-10)4-6-15(18)17-14/h3,5,8,12-13H,1-2,4,6-7,9,16H2,(H,17,18). The Balaban J connectivity index is 1.72. The number of ether oxygens (including phenoxy) is 1. The Labute approximate surface area is 113 Å². The number of carbonyl (C=O) groups excluding carboxylic acids is 1.